The number of amides is 1. The first-order valence-corrected chi connectivity index (χ1v) is 2.18. The van der Waals surface area contributed by atoms with Gasteiger partial charge < -0.3 is 0 Å². The highest BCUT2D eigenvalue weighted by molar-refractivity contribution is 5.66. The molecule has 9 heavy (non-hydrogen) atoms. The van der Waals surface area contributed by atoms with Crippen LogP contribution in [0.1, 0.15) is 0 Å². The normalized spacial score (nSPS) is 8.89. The van der Waals surface area contributed by atoms with Gasteiger partial charge in [-0.25, -0.2) is 9.89 Å². The molecule has 6 nitrogen and oxygen atoms in total. The summed E-state index contributed by atoms with van der Waals surface area (Å²) in [5, 5.41) is 7.59. The second kappa shape index (κ2) is 2.12. The molecular formula is C3H4N4O2. The summed E-state index contributed by atoms with van der Waals surface area (Å²) in [6, 6.07) is 0. The minimum absolute atomic E-state index is 0.120. The molecular weight excluding hydrogens is 124 g/mol. The van der Waals surface area contributed by atoms with Crippen LogP contribution in [-0.4, -0.2) is 21.6 Å². The van der Waals surface area contributed by atoms with Gasteiger partial charge in [0, 0.05) is 0 Å². The van der Waals surface area contributed by atoms with E-state index in [1.165, 1.54) is 0 Å². The molecule has 0 saturated carbocycles. The zero-order chi connectivity index (χ0) is 6.69. The van der Waals surface area contributed by atoms with Gasteiger partial charge in [0.25, 0.3) is 0 Å². The van der Waals surface area contributed by atoms with Crippen LogP contribution in [0.25, 0.3) is 0 Å². The number of anilines is 1. The van der Waals surface area contributed by atoms with Crippen LogP contribution >= 0.6 is 0 Å². The van der Waals surface area contributed by atoms with E-state index in [2.05, 4.69) is 20.5 Å². The summed E-state index contributed by atoms with van der Waals surface area (Å²) in [4.78, 5) is 22.1. The molecule has 0 bridgehead atoms. The van der Waals surface area contributed by atoms with Crippen molar-refractivity contribution in [3.8, 4) is 0 Å². The van der Waals surface area contributed by atoms with Crippen molar-refractivity contribution in [2.45, 2.75) is 0 Å². The summed E-state index contributed by atoms with van der Waals surface area (Å²) in [6.07, 6.45) is 0.423. The van der Waals surface area contributed by atoms with E-state index in [9.17, 15) is 9.59 Å². The molecule has 1 aromatic heterocycles. The molecule has 0 saturated heterocycles. The van der Waals surface area contributed by atoms with Crippen molar-refractivity contribution in [2.24, 2.45) is 0 Å². The second-order valence-electron chi connectivity index (χ2n) is 1.29. The minimum atomic E-state index is -0.445. The zero-order valence-electron chi connectivity index (χ0n) is 4.34. The molecule has 0 atom stereocenters. The molecule has 1 aromatic rings. The fourth-order valence-electron chi connectivity index (χ4n) is 0.394. The first-order valence-electron chi connectivity index (χ1n) is 2.18. The van der Waals surface area contributed by atoms with Gasteiger partial charge >= 0.3 is 5.69 Å². The van der Waals surface area contributed by atoms with E-state index < -0.39 is 5.69 Å². The molecule has 1 rings (SSSR count). The fourth-order valence-corrected chi connectivity index (χ4v) is 0.394. The van der Waals surface area contributed by atoms with Gasteiger partial charge in [-0.15, -0.1) is 5.10 Å². The minimum Gasteiger partial charge on any atom is -0.297 e. The van der Waals surface area contributed by atoms with Crippen molar-refractivity contribution in [3.63, 3.8) is 0 Å². The maximum atomic E-state index is 10.2. The smallest absolute Gasteiger partial charge is 0.297 e. The molecule has 0 aliphatic carbocycles. The predicted molar refractivity (Wildman–Crippen MR) is 28.9 cm³/mol. The zero-order valence-corrected chi connectivity index (χ0v) is 4.34. The van der Waals surface area contributed by atoms with Crippen LogP contribution in [0.5, 0.6) is 0 Å². The van der Waals surface area contributed by atoms with E-state index in [0.29, 0.717) is 6.41 Å². The quantitative estimate of drug-likeness (QED) is 0.431. The van der Waals surface area contributed by atoms with Crippen LogP contribution < -0.4 is 11.0 Å². The average molecular weight is 128 g/mol. The third-order valence-corrected chi connectivity index (χ3v) is 0.697. The summed E-state index contributed by atoms with van der Waals surface area (Å²) in [7, 11) is 0. The molecule has 48 valence electrons. The lowest BCUT2D eigenvalue weighted by Gasteiger charge is -1.82. The van der Waals surface area contributed by atoms with E-state index in [1.54, 1.807) is 0 Å². The Morgan fingerprint density at radius 2 is 2.44 bits per heavy atom. The van der Waals surface area contributed by atoms with Crippen LogP contribution in [0.4, 0.5) is 5.95 Å². The van der Waals surface area contributed by atoms with Crippen LogP contribution in [0.15, 0.2) is 4.79 Å². The molecule has 3 N–H and O–H groups in total. The van der Waals surface area contributed by atoms with Gasteiger partial charge in [-0.1, -0.05) is 0 Å². The maximum absolute atomic E-state index is 10.2. The summed E-state index contributed by atoms with van der Waals surface area (Å²) in [6.45, 7) is 0. The number of nitrogens with zero attached hydrogens (tertiary/aromatic N) is 1. The highest BCUT2D eigenvalue weighted by Gasteiger charge is 1.91. The average Bonchev–Trinajstić information content (AvgIpc) is 2.17. The van der Waals surface area contributed by atoms with Crippen LogP contribution in [-0.2, 0) is 4.79 Å². The summed E-state index contributed by atoms with van der Waals surface area (Å²) in [5.74, 6) is 0.120. The molecule has 0 fully saturated rings. The van der Waals surface area contributed by atoms with Crippen LogP contribution in [0.2, 0.25) is 0 Å². The van der Waals surface area contributed by atoms with E-state index in [4.69, 9.17) is 0 Å². The number of carbonyl (C=O) groups excluding carboxylic acids is 1. The lowest BCUT2D eigenvalue weighted by atomic mass is 11.0. The molecule has 0 spiro atoms. The molecule has 1 heterocycles. The largest absolute Gasteiger partial charge is 0.342 e. The number of H-pyrrole nitrogens is 2. The lowest BCUT2D eigenvalue weighted by molar-refractivity contribution is -0.105. The second-order valence-corrected chi connectivity index (χ2v) is 1.29. The Labute approximate surface area is 49.3 Å². The monoisotopic (exact) mass is 128 g/mol. The van der Waals surface area contributed by atoms with Crippen LogP contribution in [0.3, 0.4) is 0 Å². The molecule has 0 aliphatic rings. The Morgan fingerprint density at radius 1 is 1.67 bits per heavy atom. The van der Waals surface area contributed by atoms with E-state index >= 15 is 0 Å². The third-order valence-electron chi connectivity index (χ3n) is 0.697. The molecule has 0 radical (unpaired) electrons. The van der Waals surface area contributed by atoms with Crippen molar-refractivity contribution < 1.29 is 4.79 Å². The van der Waals surface area contributed by atoms with Gasteiger partial charge in [-0.3, -0.25) is 15.1 Å². The van der Waals surface area contributed by atoms with Gasteiger partial charge in [0.05, 0.1) is 0 Å². The highest BCUT2D eigenvalue weighted by atomic mass is 16.1. The van der Waals surface area contributed by atoms with Crippen LogP contribution in [0, 0.1) is 0 Å². The Morgan fingerprint density at radius 3 is 2.89 bits per heavy atom. The molecule has 6 heteroatoms. The van der Waals surface area contributed by atoms with Crippen molar-refractivity contribution in [1.82, 2.24) is 15.2 Å². The lowest BCUT2D eigenvalue weighted by Crippen LogP contribution is -2.01. The Balaban J connectivity index is 2.84. The molecule has 0 aliphatic heterocycles. The topological polar surface area (TPSA) is 90.6 Å². The number of carbonyl (C=O) groups is 1. The number of hydrogen-bond acceptors (Lipinski definition) is 3. The number of aromatic nitrogens is 3. The summed E-state index contributed by atoms with van der Waals surface area (Å²) in [5.41, 5.74) is -0.445. The van der Waals surface area contributed by atoms with Gasteiger partial charge in [0.2, 0.25) is 12.4 Å². The highest BCUT2D eigenvalue weighted by Crippen LogP contribution is 1.82. The first kappa shape index (κ1) is 5.54. The van der Waals surface area contributed by atoms with E-state index in [1.807, 2.05) is 0 Å². The number of hydrogen-bond donors (Lipinski definition) is 3. The molecule has 0 unspecified atom stereocenters. The Hall–Kier alpha value is -1.59. The third kappa shape index (κ3) is 1.15. The molecule has 1 amide bonds. The number of rotatable bonds is 2. The summed E-state index contributed by atoms with van der Waals surface area (Å²) < 4.78 is 0. The van der Waals surface area contributed by atoms with Crippen molar-refractivity contribution in [3.05, 3.63) is 10.5 Å². The van der Waals surface area contributed by atoms with Gasteiger partial charge in [0.15, 0.2) is 0 Å². The molecule has 0 aromatic carbocycles. The standard InChI is InChI=1S/C3H4N4O2/c8-1-4-2-5-3(9)7-6-2/h1H,(H3,4,5,6,7,8,9). The van der Waals surface area contributed by atoms with Crippen molar-refractivity contribution in [1.29, 1.82) is 0 Å². The predicted octanol–water partition coefficient (Wildman–Crippen LogP) is -1.33. The van der Waals surface area contributed by atoms with E-state index in [-0.39, 0.29) is 5.95 Å². The number of aromatic amines is 2. The van der Waals surface area contributed by atoms with Gasteiger partial charge in [-0.2, -0.15) is 0 Å². The Bertz CT molecular complexity index is 248. The SMILES string of the molecule is O=CNc1n[nH]c(=O)[nH]1. The Kier molecular flexibility index (Phi) is 1.31. The fraction of sp³-hybridized carbons (Fsp3) is 0. The van der Waals surface area contributed by atoms with Crippen molar-refractivity contribution in [2.75, 3.05) is 5.32 Å². The van der Waals surface area contributed by atoms with Crippen molar-refractivity contribution >= 4 is 12.4 Å². The summed E-state index contributed by atoms with van der Waals surface area (Å²) >= 11 is 0. The van der Waals surface area contributed by atoms with Gasteiger partial charge in [0.1, 0.15) is 0 Å². The maximum Gasteiger partial charge on any atom is 0.342 e. The van der Waals surface area contributed by atoms with Gasteiger partial charge in [-0.05, 0) is 0 Å². The first-order chi connectivity index (χ1) is 4.33. The number of nitrogens with one attached hydrogen (secondary N) is 3. The van der Waals surface area contributed by atoms with E-state index in [0.717, 1.165) is 0 Å².